The van der Waals surface area contributed by atoms with Crippen molar-refractivity contribution in [1.29, 1.82) is 0 Å². The summed E-state index contributed by atoms with van der Waals surface area (Å²) in [4.78, 5) is 15.5. The summed E-state index contributed by atoms with van der Waals surface area (Å²) in [7, 11) is 0. The number of thioether (sulfide) groups is 1. The molecular weight excluding hydrogens is 306 g/mol. The Kier molecular flexibility index (Phi) is 5.37. The third-order valence-electron chi connectivity index (χ3n) is 3.53. The molecule has 0 radical (unpaired) electrons. The van der Waals surface area contributed by atoms with Crippen LogP contribution in [0.15, 0.2) is 70.4 Å². The number of ether oxygens (including phenoxy) is 1. The molecular formula is C19H19NO2S. The predicted molar refractivity (Wildman–Crippen MR) is 96.5 cm³/mol. The predicted octanol–water partition coefficient (Wildman–Crippen LogP) is 4.48. The normalized spacial score (nSPS) is 10.8. The van der Waals surface area contributed by atoms with Gasteiger partial charge in [-0.2, -0.15) is 0 Å². The zero-order valence-corrected chi connectivity index (χ0v) is 13.6. The van der Waals surface area contributed by atoms with Gasteiger partial charge >= 0.3 is 0 Å². The average Bonchev–Trinajstić information content (AvgIpc) is 2.58. The van der Waals surface area contributed by atoms with Crippen LogP contribution in [0.3, 0.4) is 0 Å². The Morgan fingerprint density at radius 2 is 1.78 bits per heavy atom. The molecule has 1 heterocycles. The van der Waals surface area contributed by atoms with E-state index in [4.69, 9.17) is 4.74 Å². The average molecular weight is 325 g/mol. The van der Waals surface area contributed by atoms with Crippen LogP contribution in [0.4, 0.5) is 0 Å². The minimum Gasteiger partial charge on any atom is -0.493 e. The van der Waals surface area contributed by atoms with Gasteiger partial charge in [-0.25, -0.2) is 0 Å². The smallest absolute Gasteiger partial charge is 0.248 e. The van der Waals surface area contributed by atoms with Crippen molar-refractivity contribution >= 4 is 22.7 Å². The van der Waals surface area contributed by atoms with Crippen LogP contribution in [-0.2, 0) is 0 Å². The van der Waals surface area contributed by atoms with E-state index in [1.54, 1.807) is 0 Å². The van der Waals surface area contributed by atoms with Crippen LogP contribution in [0.2, 0.25) is 0 Å². The first-order valence-corrected chi connectivity index (χ1v) is 8.74. The van der Waals surface area contributed by atoms with Gasteiger partial charge in [0.2, 0.25) is 5.56 Å². The molecule has 118 valence electrons. The fourth-order valence-corrected chi connectivity index (χ4v) is 3.31. The maximum Gasteiger partial charge on any atom is 0.248 e. The number of H-pyrrole nitrogens is 1. The van der Waals surface area contributed by atoms with Gasteiger partial charge < -0.3 is 9.72 Å². The minimum atomic E-state index is -0.0902. The van der Waals surface area contributed by atoms with Crippen LogP contribution in [-0.4, -0.2) is 17.3 Å². The number of rotatable bonds is 7. The van der Waals surface area contributed by atoms with Gasteiger partial charge in [0, 0.05) is 16.3 Å². The lowest BCUT2D eigenvalue weighted by molar-refractivity contribution is 0.313. The lowest BCUT2D eigenvalue weighted by Gasteiger charge is -2.09. The van der Waals surface area contributed by atoms with Gasteiger partial charge in [-0.3, -0.25) is 4.79 Å². The minimum absolute atomic E-state index is 0.0902. The van der Waals surface area contributed by atoms with E-state index in [1.807, 2.05) is 42.1 Å². The summed E-state index contributed by atoms with van der Waals surface area (Å²) in [6, 6.07) is 19.5. The Labute approximate surface area is 139 Å². The summed E-state index contributed by atoms with van der Waals surface area (Å²) in [5.74, 6) is 1.92. The summed E-state index contributed by atoms with van der Waals surface area (Å²) >= 11 is 1.88. The van der Waals surface area contributed by atoms with Crippen molar-refractivity contribution in [3.05, 3.63) is 71.0 Å². The molecule has 1 aromatic heterocycles. The lowest BCUT2D eigenvalue weighted by Crippen LogP contribution is -2.04. The van der Waals surface area contributed by atoms with Crippen molar-refractivity contribution < 1.29 is 4.74 Å². The van der Waals surface area contributed by atoms with Gasteiger partial charge in [-0.1, -0.05) is 24.3 Å². The van der Waals surface area contributed by atoms with Gasteiger partial charge in [0.25, 0.3) is 0 Å². The number of hydrogen-bond acceptors (Lipinski definition) is 3. The number of hydrogen-bond donors (Lipinski definition) is 1. The molecule has 0 bridgehead atoms. The molecule has 0 saturated carbocycles. The lowest BCUT2D eigenvalue weighted by atomic mass is 10.2. The fraction of sp³-hybridized carbons (Fsp3) is 0.211. The Morgan fingerprint density at radius 1 is 0.913 bits per heavy atom. The van der Waals surface area contributed by atoms with Crippen LogP contribution in [0, 0.1) is 0 Å². The Morgan fingerprint density at radius 3 is 2.65 bits per heavy atom. The summed E-state index contributed by atoms with van der Waals surface area (Å²) in [6.45, 7) is 0.688. The van der Waals surface area contributed by atoms with Crippen molar-refractivity contribution in [2.75, 3.05) is 12.4 Å². The standard InChI is InChI=1S/C19H19NO2S/c21-19-12-11-16-17(20-19)9-6-10-18(16)22-13-4-5-14-23-15-7-2-1-3-8-15/h1-3,6-12H,4-5,13-14H2,(H,20,21). The molecule has 0 unspecified atom stereocenters. The van der Waals surface area contributed by atoms with Gasteiger partial charge in [-0.05, 0) is 48.9 Å². The monoisotopic (exact) mass is 325 g/mol. The number of fused-ring (bicyclic) bond motifs is 1. The quantitative estimate of drug-likeness (QED) is 0.514. The van der Waals surface area contributed by atoms with Crippen LogP contribution in [0.25, 0.3) is 10.9 Å². The number of aromatic nitrogens is 1. The molecule has 4 heteroatoms. The Bertz CT molecular complexity index is 814. The second-order valence-corrected chi connectivity index (χ2v) is 6.43. The molecule has 0 amide bonds. The van der Waals surface area contributed by atoms with Gasteiger partial charge in [0.15, 0.2) is 0 Å². The van der Waals surface area contributed by atoms with Crippen molar-refractivity contribution in [2.45, 2.75) is 17.7 Å². The number of aromatic amines is 1. The van der Waals surface area contributed by atoms with Gasteiger partial charge in [-0.15, -0.1) is 11.8 Å². The first-order chi connectivity index (χ1) is 11.3. The molecule has 0 aliphatic carbocycles. The Balaban J connectivity index is 1.47. The summed E-state index contributed by atoms with van der Waals surface area (Å²) < 4.78 is 5.88. The van der Waals surface area contributed by atoms with E-state index in [9.17, 15) is 4.79 Å². The highest BCUT2D eigenvalue weighted by atomic mass is 32.2. The third kappa shape index (κ3) is 4.39. The molecule has 0 saturated heterocycles. The van der Waals surface area contributed by atoms with Crippen LogP contribution < -0.4 is 10.3 Å². The SMILES string of the molecule is O=c1ccc2c(OCCCCSc3ccccc3)cccc2[nH]1. The van der Waals surface area contributed by atoms with Crippen LogP contribution in [0.1, 0.15) is 12.8 Å². The first-order valence-electron chi connectivity index (χ1n) is 7.76. The number of benzene rings is 2. The first kappa shape index (κ1) is 15.7. The number of pyridine rings is 1. The summed E-state index contributed by atoms with van der Waals surface area (Å²) in [5.41, 5.74) is 0.724. The van der Waals surface area contributed by atoms with E-state index in [0.717, 1.165) is 35.2 Å². The molecule has 3 aromatic rings. The van der Waals surface area contributed by atoms with E-state index < -0.39 is 0 Å². The van der Waals surface area contributed by atoms with E-state index in [0.29, 0.717) is 6.61 Å². The van der Waals surface area contributed by atoms with Crippen molar-refractivity contribution in [2.24, 2.45) is 0 Å². The summed E-state index contributed by atoms with van der Waals surface area (Å²) in [6.07, 6.45) is 2.13. The Hall–Kier alpha value is -2.20. The third-order valence-corrected chi connectivity index (χ3v) is 4.63. The molecule has 3 nitrogen and oxygen atoms in total. The molecule has 3 rings (SSSR count). The molecule has 2 aromatic carbocycles. The molecule has 1 N–H and O–H groups in total. The molecule has 0 fully saturated rings. The molecule has 23 heavy (non-hydrogen) atoms. The molecule has 0 aliphatic heterocycles. The highest BCUT2D eigenvalue weighted by Gasteiger charge is 2.02. The zero-order chi connectivity index (χ0) is 15.9. The maximum atomic E-state index is 11.3. The fourth-order valence-electron chi connectivity index (χ4n) is 2.38. The van der Waals surface area contributed by atoms with Crippen molar-refractivity contribution in [1.82, 2.24) is 4.98 Å². The highest BCUT2D eigenvalue weighted by Crippen LogP contribution is 2.23. The van der Waals surface area contributed by atoms with Gasteiger partial charge in [0.1, 0.15) is 5.75 Å². The van der Waals surface area contributed by atoms with E-state index in [2.05, 4.69) is 29.2 Å². The second kappa shape index (κ2) is 7.88. The van der Waals surface area contributed by atoms with E-state index in [-0.39, 0.29) is 5.56 Å². The zero-order valence-electron chi connectivity index (χ0n) is 12.8. The maximum absolute atomic E-state index is 11.3. The van der Waals surface area contributed by atoms with E-state index in [1.165, 1.54) is 11.0 Å². The van der Waals surface area contributed by atoms with Crippen molar-refractivity contribution in [3.63, 3.8) is 0 Å². The summed E-state index contributed by atoms with van der Waals surface area (Å²) in [5, 5.41) is 0.950. The van der Waals surface area contributed by atoms with Crippen LogP contribution >= 0.6 is 11.8 Å². The topological polar surface area (TPSA) is 42.1 Å². The number of unbranched alkanes of at least 4 members (excludes halogenated alkanes) is 1. The molecule has 0 aliphatic rings. The highest BCUT2D eigenvalue weighted by molar-refractivity contribution is 7.99. The van der Waals surface area contributed by atoms with Crippen molar-refractivity contribution in [3.8, 4) is 5.75 Å². The van der Waals surface area contributed by atoms with Gasteiger partial charge in [0.05, 0.1) is 12.1 Å². The number of nitrogens with one attached hydrogen (secondary N) is 1. The molecule has 0 spiro atoms. The van der Waals surface area contributed by atoms with Crippen LogP contribution in [0.5, 0.6) is 5.75 Å². The second-order valence-electron chi connectivity index (χ2n) is 5.26. The molecule has 0 atom stereocenters. The van der Waals surface area contributed by atoms with E-state index >= 15 is 0 Å². The largest absolute Gasteiger partial charge is 0.493 e.